The van der Waals surface area contributed by atoms with Crippen molar-refractivity contribution in [3.63, 3.8) is 0 Å². The molecule has 0 spiro atoms. The molecule has 4 radical (unpaired) electrons. The molecule has 0 saturated heterocycles. The minimum Gasteiger partial charge on any atom is -0.0857 e. The Morgan fingerprint density at radius 3 is 1.62 bits per heavy atom. The highest BCUT2D eigenvalue weighted by molar-refractivity contribution is 7.23. The zero-order valence-electron chi connectivity index (χ0n) is 10.0. The second-order valence-corrected chi connectivity index (χ2v) is 5.95. The molecule has 70 valence electrons. The maximum atomic E-state index is 5.38. The molecule has 0 amide bonds. The molecule has 0 heterocycles. The van der Waals surface area contributed by atoms with Crippen LogP contribution in [0.4, 0.5) is 0 Å². The Kier molecular flexibility index (Phi) is 4.69. The SMILES string of the molecule is [B][B][B]CC(C(C)(C)C)C(C)(C)C. The first-order valence-electron chi connectivity index (χ1n) is 5.06. The predicted octanol–water partition coefficient (Wildman–Crippen LogP) is 2.52. The van der Waals surface area contributed by atoms with E-state index in [1.165, 1.54) is 0 Å². The summed E-state index contributed by atoms with van der Waals surface area (Å²) in [7, 11) is 9.11. The Morgan fingerprint density at radius 2 is 1.38 bits per heavy atom. The van der Waals surface area contributed by atoms with Crippen LogP contribution in [0.5, 0.6) is 0 Å². The van der Waals surface area contributed by atoms with Crippen LogP contribution in [0.15, 0.2) is 0 Å². The van der Waals surface area contributed by atoms with Crippen LogP contribution < -0.4 is 0 Å². The first-order valence-corrected chi connectivity index (χ1v) is 5.06. The van der Waals surface area contributed by atoms with E-state index in [9.17, 15) is 0 Å². The Bertz CT molecular complexity index is 127. The Hall–Kier alpha value is 0.195. The summed E-state index contributed by atoms with van der Waals surface area (Å²) in [6.07, 6.45) is 1.07. The van der Waals surface area contributed by atoms with Crippen molar-refractivity contribution in [3.05, 3.63) is 0 Å². The molecule has 0 atom stereocenters. The molecular formula is C10H21B3. The summed E-state index contributed by atoms with van der Waals surface area (Å²) in [6, 6.07) is 0. The molecule has 0 aliphatic rings. The first-order chi connectivity index (χ1) is 5.69. The number of rotatable bonds is 3. The third kappa shape index (κ3) is 4.83. The lowest BCUT2D eigenvalue weighted by Crippen LogP contribution is -2.34. The van der Waals surface area contributed by atoms with E-state index in [1.807, 2.05) is 0 Å². The van der Waals surface area contributed by atoms with Crippen LogP contribution in [0.2, 0.25) is 6.32 Å². The largest absolute Gasteiger partial charge is 0.0857 e. The second kappa shape index (κ2) is 4.62. The Balaban J connectivity index is 4.39. The van der Waals surface area contributed by atoms with Crippen molar-refractivity contribution in [1.29, 1.82) is 0 Å². The molecule has 13 heavy (non-hydrogen) atoms. The summed E-state index contributed by atoms with van der Waals surface area (Å²) < 4.78 is 0. The van der Waals surface area contributed by atoms with Gasteiger partial charge in [-0.1, -0.05) is 47.9 Å². The lowest BCUT2D eigenvalue weighted by Gasteiger charge is -2.41. The van der Waals surface area contributed by atoms with Crippen LogP contribution >= 0.6 is 0 Å². The summed E-state index contributed by atoms with van der Waals surface area (Å²) in [6.45, 7) is 13.8. The van der Waals surface area contributed by atoms with Crippen LogP contribution in [0.1, 0.15) is 41.5 Å². The average Bonchev–Trinajstić information content (AvgIpc) is 1.81. The van der Waals surface area contributed by atoms with E-state index in [4.69, 9.17) is 7.74 Å². The fourth-order valence-corrected chi connectivity index (χ4v) is 2.22. The third-order valence-corrected chi connectivity index (χ3v) is 2.60. The van der Waals surface area contributed by atoms with E-state index in [1.54, 1.807) is 7.06 Å². The van der Waals surface area contributed by atoms with Crippen LogP contribution in [0.25, 0.3) is 0 Å². The minimum absolute atomic E-state index is 0.345. The van der Waals surface area contributed by atoms with Gasteiger partial charge in [-0.05, 0) is 16.7 Å². The molecule has 0 saturated carbocycles. The highest BCUT2D eigenvalue weighted by Gasteiger charge is 2.33. The fraction of sp³-hybridized carbons (Fsp3) is 1.00. The van der Waals surface area contributed by atoms with Crippen molar-refractivity contribution >= 4 is 22.0 Å². The molecule has 0 aliphatic heterocycles. The summed E-state index contributed by atoms with van der Waals surface area (Å²) in [5.74, 6) is 0.666. The van der Waals surface area contributed by atoms with Crippen molar-refractivity contribution < 1.29 is 0 Å². The van der Waals surface area contributed by atoms with E-state index in [0.29, 0.717) is 16.7 Å². The van der Waals surface area contributed by atoms with Crippen LogP contribution in [-0.4, -0.2) is 22.0 Å². The van der Waals surface area contributed by atoms with Crippen LogP contribution in [0.3, 0.4) is 0 Å². The molecule has 0 rings (SSSR count). The van der Waals surface area contributed by atoms with Gasteiger partial charge in [-0.3, -0.25) is 0 Å². The summed E-state index contributed by atoms with van der Waals surface area (Å²) in [5.41, 5.74) is 0.690. The number of hydrogen-bond acceptors (Lipinski definition) is 0. The van der Waals surface area contributed by atoms with E-state index in [0.717, 1.165) is 6.32 Å². The summed E-state index contributed by atoms with van der Waals surface area (Å²) in [5, 5.41) is 0. The predicted molar refractivity (Wildman–Crippen MR) is 64.5 cm³/mol. The maximum absolute atomic E-state index is 5.38. The van der Waals surface area contributed by atoms with Crippen molar-refractivity contribution in [2.24, 2.45) is 16.7 Å². The highest BCUT2D eigenvalue weighted by atomic mass is 14.4. The van der Waals surface area contributed by atoms with E-state index in [2.05, 4.69) is 48.7 Å². The highest BCUT2D eigenvalue weighted by Crippen LogP contribution is 2.41. The maximum Gasteiger partial charge on any atom is 0.0548 e. The summed E-state index contributed by atoms with van der Waals surface area (Å²) >= 11 is 0. The average molecular weight is 174 g/mol. The van der Waals surface area contributed by atoms with Gasteiger partial charge in [0.1, 0.15) is 0 Å². The van der Waals surface area contributed by atoms with Gasteiger partial charge in [-0.15, -0.1) is 0 Å². The zero-order chi connectivity index (χ0) is 10.7. The quantitative estimate of drug-likeness (QED) is 0.576. The molecule has 0 aromatic heterocycles. The lowest BCUT2D eigenvalue weighted by molar-refractivity contribution is 0.121. The van der Waals surface area contributed by atoms with Gasteiger partial charge in [0.25, 0.3) is 0 Å². The molecule has 0 fully saturated rings. The van der Waals surface area contributed by atoms with E-state index < -0.39 is 0 Å². The molecule has 3 heteroatoms. The van der Waals surface area contributed by atoms with Gasteiger partial charge in [-0.25, -0.2) is 0 Å². The lowest BCUT2D eigenvalue weighted by atomic mass is 9.25. The smallest absolute Gasteiger partial charge is 0.0548 e. The van der Waals surface area contributed by atoms with Gasteiger partial charge in [-0.2, -0.15) is 0 Å². The van der Waals surface area contributed by atoms with Crippen molar-refractivity contribution in [2.75, 3.05) is 0 Å². The molecule has 0 aromatic carbocycles. The second-order valence-electron chi connectivity index (χ2n) is 5.95. The third-order valence-electron chi connectivity index (χ3n) is 2.60. The monoisotopic (exact) mass is 174 g/mol. The molecular weight excluding hydrogens is 153 g/mol. The first kappa shape index (κ1) is 13.2. The standard InChI is InChI=1S/C10H21B3/c1-9(2,3)8(7-12-13-11)10(4,5)6/h8H,7H2,1-6H3. The molecule has 0 nitrogen and oxygen atoms in total. The topological polar surface area (TPSA) is 0 Å². The van der Waals surface area contributed by atoms with Gasteiger partial charge in [0.05, 0.1) is 7.17 Å². The van der Waals surface area contributed by atoms with Gasteiger partial charge in [0, 0.05) is 14.8 Å². The van der Waals surface area contributed by atoms with Gasteiger partial charge in [0.2, 0.25) is 0 Å². The van der Waals surface area contributed by atoms with Gasteiger partial charge >= 0.3 is 0 Å². The molecule has 0 aliphatic carbocycles. The van der Waals surface area contributed by atoms with E-state index in [-0.39, 0.29) is 0 Å². The van der Waals surface area contributed by atoms with Crippen LogP contribution in [0, 0.1) is 16.7 Å². The number of hydrogen-bond donors (Lipinski definition) is 0. The molecule has 0 bridgehead atoms. The Labute approximate surface area is 87.1 Å². The minimum atomic E-state index is 0.345. The molecule has 0 unspecified atom stereocenters. The fourth-order valence-electron chi connectivity index (χ4n) is 2.22. The van der Waals surface area contributed by atoms with Gasteiger partial charge < -0.3 is 0 Å². The molecule has 0 N–H and O–H groups in total. The summed E-state index contributed by atoms with van der Waals surface area (Å²) in [4.78, 5) is 0. The normalized spacial score (nSPS) is 13.2. The molecule has 0 aromatic rings. The van der Waals surface area contributed by atoms with Crippen molar-refractivity contribution in [2.45, 2.75) is 47.9 Å². The van der Waals surface area contributed by atoms with E-state index >= 15 is 0 Å². The van der Waals surface area contributed by atoms with Crippen molar-refractivity contribution in [1.82, 2.24) is 0 Å². The van der Waals surface area contributed by atoms with Crippen molar-refractivity contribution in [3.8, 4) is 0 Å². The van der Waals surface area contributed by atoms with Gasteiger partial charge in [0.15, 0.2) is 0 Å². The zero-order valence-corrected chi connectivity index (χ0v) is 10.0. The Morgan fingerprint density at radius 1 is 1.00 bits per heavy atom. The van der Waals surface area contributed by atoms with Crippen LogP contribution in [-0.2, 0) is 0 Å².